The number of nitrogens with zero attached hydrogens (tertiary/aromatic N) is 4. The van der Waals surface area contributed by atoms with E-state index in [4.69, 9.17) is 10.5 Å². The van der Waals surface area contributed by atoms with E-state index < -0.39 is 24.2 Å². The summed E-state index contributed by atoms with van der Waals surface area (Å²) in [6, 6.07) is 4.88. The highest BCUT2D eigenvalue weighted by atomic mass is 19.4. The molecule has 1 unspecified atom stereocenters. The molecule has 0 saturated carbocycles. The number of carbonyl (C=O) groups is 1. The van der Waals surface area contributed by atoms with Gasteiger partial charge in [-0.25, -0.2) is 9.97 Å². The number of likely N-dealkylation sites (tertiary alicyclic amines) is 1. The smallest absolute Gasteiger partial charge is 0.401 e. The van der Waals surface area contributed by atoms with Crippen LogP contribution in [0.15, 0.2) is 36.8 Å². The Kier molecular flexibility index (Phi) is 5.59. The topological polar surface area (TPSA) is 117 Å². The Bertz CT molecular complexity index is 1180. The standard InChI is InChI=1S/C23H25F3N6O3/c1-22(12-33)7-13-5-15(30-21(34)14(8-27)20-28-3-2-4-29-20)16(6-19(13)35-22)32-10-17-18(32)9-31(17)11-23(24,25)26/h2-6,8,17-18,33H,7,9-12,27H2,1H3,(H,30,34)/t17-,18?,22-/m0/s1. The Morgan fingerprint density at radius 3 is 2.66 bits per heavy atom. The fraction of sp³-hybridized carbons (Fsp3) is 0.435. The first-order valence-corrected chi connectivity index (χ1v) is 11.2. The van der Waals surface area contributed by atoms with Crippen molar-refractivity contribution in [3.63, 3.8) is 0 Å². The summed E-state index contributed by atoms with van der Waals surface area (Å²) in [6.07, 6.45) is 0.317. The van der Waals surface area contributed by atoms with Gasteiger partial charge in [0.05, 0.1) is 36.1 Å². The number of aromatic nitrogens is 2. The van der Waals surface area contributed by atoms with Gasteiger partial charge in [-0.1, -0.05) is 0 Å². The second-order valence-corrected chi connectivity index (χ2v) is 9.30. The lowest BCUT2D eigenvalue weighted by molar-refractivity contribution is -0.170. The number of alkyl halides is 3. The van der Waals surface area contributed by atoms with Crippen molar-refractivity contribution in [1.29, 1.82) is 0 Å². The summed E-state index contributed by atoms with van der Waals surface area (Å²) >= 11 is 0. The highest BCUT2D eigenvalue weighted by molar-refractivity contribution is 6.24. The summed E-state index contributed by atoms with van der Waals surface area (Å²) in [4.78, 5) is 24.7. The summed E-state index contributed by atoms with van der Waals surface area (Å²) < 4.78 is 44.4. The summed E-state index contributed by atoms with van der Waals surface area (Å²) in [7, 11) is 0. The number of benzene rings is 1. The van der Waals surface area contributed by atoms with Gasteiger partial charge in [0.2, 0.25) is 0 Å². The highest BCUT2D eigenvalue weighted by Crippen LogP contribution is 2.46. The number of piperazine rings is 1. The minimum absolute atomic E-state index is 0.0787. The zero-order valence-electron chi connectivity index (χ0n) is 18.9. The average Bonchev–Trinajstić information content (AvgIpc) is 3.13. The Balaban J connectivity index is 1.42. The molecule has 4 heterocycles. The molecule has 0 aliphatic carbocycles. The number of fused-ring (bicyclic) bond motifs is 2. The fourth-order valence-electron chi connectivity index (χ4n) is 4.89. The molecule has 4 N–H and O–H groups in total. The molecule has 1 aromatic carbocycles. The third kappa shape index (κ3) is 4.27. The van der Waals surface area contributed by atoms with Crippen molar-refractivity contribution < 1.29 is 27.8 Å². The number of halogens is 3. The Morgan fingerprint density at radius 2 is 2.06 bits per heavy atom. The predicted molar refractivity (Wildman–Crippen MR) is 122 cm³/mol. The van der Waals surface area contributed by atoms with Crippen LogP contribution >= 0.6 is 0 Å². The first-order valence-electron chi connectivity index (χ1n) is 11.2. The number of rotatable bonds is 6. The SMILES string of the molecule is C[C@@]1(CO)Cc2cc(NC(=O)C(=CN)c3ncccn3)c(N3C[C@H]4C3CN4CC(F)(F)F)cc2O1. The molecule has 2 fully saturated rings. The van der Waals surface area contributed by atoms with Gasteiger partial charge in [-0.3, -0.25) is 9.69 Å². The lowest BCUT2D eigenvalue weighted by Gasteiger charge is -2.63. The minimum Gasteiger partial charge on any atom is -0.484 e. The Hall–Kier alpha value is -3.38. The van der Waals surface area contributed by atoms with E-state index in [9.17, 15) is 23.1 Å². The molecule has 12 heteroatoms. The van der Waals surface area contributed by atoms with Crippen LogP contribution in [-0.2, 0) is 11.2 Å². The second-order valence-electron chi connectivity index (χ2n) is 9.30. The van der Waals surface area contributed by atoms with Crippen molar-refractivity contribution in [1.82, 2.24) is 14.9 Å². The molecule has 186 valence electrons. The van der Waals surface area contributed by atoms with Crippen LogP contribution in [0.1, 0.15) is 18.3 Å². The maximum absolute atomic E-state index is 13.1. The van der Waals surface area contributed by atoms with Gasteiger partial charge in [0, 0.05) is 55.8 Å². The largest absolute Gasteiger partial charge is 0.484 e. The highest BCUT2D eigenvalue weighted by Gasteiger charge is 2.54. The maximum Gasteiger partial charge on any atom is 0.401 e. The van der Waals surface area contributed by atoms with Crippen LogP contribution in [0.2, 0.25) is 0 Å². The molecule has 3 atom stereocenters. The van der Waals surface area contributed by atoms with Crippen LogP contribution < -0.4 is 20.7 Å². The van der Waals surface area contributed by atoms with E-state index in [1.54, 1.807) is 25.1 Å². The van der Waals surface area contributed by atoms with E-state index in [1.165, 1.54) is 17.3 Å². The first-order chi connectivity index (χ1) is 16.6. The van der Waals surface area contributed by atoms with Gasteiger partial charge in [0.1, 0.15) is 11.4 Å². The van der Waals surface area contributed by atoms with Crippen molar-refractivity contribution in [2.24, 2.45) is 5.73 Å². The molecular formula is C23H25F3N6O3. The Labute approximate surface area is 199 Å². The summed E-state index contributed by atoms with van der Waals surface area (Å²) in [6.45, 7) is 1.32. The quantitative estimate of drug-likeness (QED) is 0.522. The number of hydrogen-bond donors (Lipinski definition) is 3. The van der Waals surface area contributed by atoms with Gasteiger partial charge in [0.25, 0.3) is 5.91 Å². The second kappa shape index (κ2) is 8.38. The number of carbonyl (C=O) groups excluding carboxylic acids is 1. The molecule has 3 aliphatic heterocycles. The Morgan fingerprint density at radius 1 is 1.31 bits per heavy atom. The number of amides is 1. The van der Waals surface area contributed by atoms with Crippen LogP contribution in [-0.4, -0.2) is 76.0 Å². The van der Waals surface area contributed by atoms with Gasteiger partial charge < -0.3 is 25.8 Å². The van der Waals surface area contributed by atoms with E-state index in [1.807, 2.05) is 4.90 Å². The van der Waals surface area contributed by atoms with Crippen molar-refractivity contribution in [2.75, 3.05) is 36.5 Å². The van der Waals surface area contributed by atoms with E-state index in [0.717, 1.165) is 11.8 Å². The number of aliphatic hydroxyl groups is 1. The fourth-order valence-corrected chi connectivity index (χ4v) is 4.89. The van der Waals surface area contributed by atoms with E-state index in [-0.39, 0.29) is 36.6 Å². The monoisotopic (exact) mass is 490 g/mol. The molecule has 2 saturated heterocycles. The van der Waals surface area contributed by atoms with Gasteiger partial charge >= 0.3 is 6.18 Å². The molecule has 35 heavy (non-hydrogen) atoms. The number of nitrogens with two attached hydrogens (primary N) is 1. The molecule has 3 aliphatic rings. The molecular weight excluding hydrogens is 465 g/mol. The molecule has 9 nitrogen and oxygen atoms in total. The molecule has 1 amide bonds. The lowest BCUT2D eigenvalue weighted by atomic mass is 9.84. The summed E-state index contributed by atoms with van der Waals surface area (Å²) in [5, 5.41) is 12.6. The van der Waals surface area contributed by atoms with Crippen LogP contribution in [0.3, 0.4) is 0 Å². The van der Waals surface area contributed by atoms with Crippen LogP contribution in [0.5, 0.6) is 5.75 Å². The van der Waals surface area contributed by atoms with E-state index in [2.05, 4.69) is 15.3 Å². The summed E-state index contributed by atoms with van der Waals surface area (Å²) in [5.74, 6) is 0.218. The molecule has 0 radical (unpaired) electrons. The maximum atomic E-state index is 13.1. The number of aliphatic hydroxyl groups excluding tert-OH is 1. The molecule has 0 bridgehead atoms. The van der Waals surface area contributed by atoms with Gasteiger partial charge in [0.15, 0.2) is 5.82 Å². The zero-order chi connectivity index (χ0) is 25.0. The van der Waals surface area contributed by atoms with Crippen molar-refractivity contribution >= 4 is 22.9 Å². The van der Waals surface area contributed by atoms with Crippen molar-refractivity contribution in [3.05, 3.63) is 48.2 Å². The summed E-state index contributed by atoms with van der Waals surface area (Å²) in [5.41, 5.74) is 6.90. The zero-order valence-corrected chi connectivity index (χ0v) is 18.9. The van der Waals surface area contributed by atoms with E-state index >= 15 is 0 Å². The predicted octanol–water partition coefficient (Wildman–Crippen LogP) is 1.54. The van der Waals surface area contributed by atoms with Gasteiger partial charge in [-0.2, -0.15) is 13.2 Å². The number of anilines is 2. The molecule has 5 rings (SSSR count). The average molecular weight is 490 g/mol. The van der Waals surface area contributed by atoms with Crippen LogP contribution in [0.25, 0.3) is 5.57 Å². The normalized spacial score (nSPS) is 25.7. The first kappa shape index (κ1) is 23.4. The lowest BCUT2D eigenvalue weighted by Crippen LogP contribution is -2.79. The number of ether oxygens (including phenoxy) is 1. The van der Waals surface area contributed by atoms with Gasteiger partial charge in [-0.05, 0) is 19.1 Å². The molecule has 2 aromatic rings. The molecule has 0 spiro atoms. The van der Waals surface area contributed by atoms with Crippen LogP contribution in [0.4, 0.5) is 24.5 Å². The van der Waals surface area contributed by atoms with Crippen molar-refractivity contribution in [3.8, 4) is 5.75 Å². The van der Waals surface area contributed by atoms with Crippen molar-refractivity contribution in [2.45, 2.75) is 37.2 Å². The third-order valence-corrected chi connectivity index (χ3v) is 6.71. The number of hydrogen-bond acceptors (Lipinski definition) is 8. The third-order valence-electron chi connectivity index (χ3n) is 6.71. The minimum atomic E-state index is -4.24. The van der Waals surface area contributed by atoms with E-state index in [0.29, 0.717) is 30.1 Å². The van der Waals surface area contributed by atoms with Crippen LogP contribution in [0, 0.1) is 0 Å². The number of nitrogens with one attached hydrogen (secondary N) is 1. The molecule has 1 aromatic heterocycles. The van der Waals surface area contributed by atoms with Gasteiger partial charge in [-0.15, -0.1) is 0 Å².